The maximum atomic E-state index is 12.0. The van der Waals surface area contributed by atoms with E-state index in [9.17, 15) is 9.90 Å². The number of carbonyl (C=O) groups is 1. The molecule has 0 aliphatic rings. The Morgan fingerprint density at radius 3 is 2.44 bits per heavy atom. The molecule has 0 aliphatic heterocycles. The zero-order chi connectivity index (χ0) is 23.5. The van der Waals surface area contributed by atoms with E-state index in [1.165, 1.54) is 0 Å². The molecule has 1 aromatic carbocycles. The van der Waals surface area contributed by atoms with E-state index in [1.54, 1.807) is 13.1 Å². The van der Waals surface area contributed by atoms with Crippen LogP contribution in [0, 0.1) is 11.8 Å². The minimum atomic E-state index is -0.332. The van der Waals surface area contributed by atoms with Gasteiger partial charge >= 0.3 is 0 Å². The summed E-state index contributed by atoms with van der Waals surface area (Å²) >= 11 is 0. The molecule has 1 aromatic heterocycles. The molecule has 4 atom stereocenters. The average Bonchev–Trinajstić information content (AvgIpc) is 2.77. The number of hydrogen-bond acceptors (Lipinski definition) is 5. The summed E-state index contributed by atoms with van der Waals surface area (Å²) in [6.07, 6.45) is 3.17. The Bertz CT molecular complexity index is 813. The first-order valence-electron chi connectivity index (χ1n) is 11.6. The number of carbonyl (C=O) groups excluding carboxylic acids is 1. The third-order valence-corrected chi connectivity index (χ3v) is 5.73. The molecule has 6 nitrogen and oxygen atoms in total. The van der Waals surface area contributed by atoms with Crippen LogP contribution in [-0.4, -0.2) is 34.7 Å². The molecule has 32 heavy (non-hydrogen) atoms. The predicted molar refractivity (Wildman–Crippen MR) is 129 cm³/mol. The smallest absolute Gasteiger partial charge is 0.217 e. The fraction of sp³-hybridized carbons (Fsp3) is 0.538. The monoisotopic (exact) mass is 441 g/mol. The molecular weight excluding hydrogens is 402 g/mol. The quantitative estimate of drug-likeness (QED) is 0.419. The minimum absolute atomic E-state index is 0.0384. The van der Waals surface area contributed by atoms with Crippen molar-refractivity contribution in [2.45, 2.75) is 72.3 Å². The van der Waals surface area contributed by atoms with E-state index >= 15 is 0 Å². The standard InChI is InChI=1S/C26H39N3O3/c1-6-19(4)24(16-30)29-25-15-22(12-13-27-25)26(23(14-18(2)3)28-20(5)31)32-17-21-10-8-7-9-11-21/h7-13,15,18-19,23-24,26,30H,6,14,16-17H2,1-5H3,(H,27,29)(H,28,31)/t19?,23-,24+,26?/m0/s1. The van der Waals surface area contributed by atoms with Gasteiger partial charge in [-0.05, 0) is 41.5 Å². The van der Waals surface area contributed by atoms with E-state index in [2.05, 4.69) is 43.3 Å². The Kier molecular flexibility index (Phi) is 10.6. The van der Waals surface area contributed by atoms with Crippen molar-refractivity contribution in [2.24, 2.45) is 11.8 Å². The molecule has 6 heteroatoms. The van der Waals surface area contributed by atoms with Crippen LogP contribution < -0.4 is 10.6 Å². The van der Waals surface area contributed by atoms with Gasteiger partial charge in [0.25, 0.3) is 0 Å². The van der Waals surface area contributed by atoms with E-state index in [4.69, 9.17) is 4.74 Å². The number of aliphatic hydroxyl groups excluding tert-OH is 1. The summed E-state index contributed by atoms with van der Waals surface area (Å²) in [4.78, 5) is 16.4. The van der Waals surface area contributed by atoms with E-state index in [1.807, 2.05) is 42.5 Å². The van der Waals surface area contributed by atoms with Gasteiger partial charge in [-0.25, -0.2) is 4.98 Å². The number of benzene rings is 1. The summed E-state index contributed by atoms with van der Waals surface area (Å²) in [5.74, 6) is 1.32. The molecule has 3 N–H and O–H groups in total. The van der Waals surface area contributed by atoms with Gasteiger partial charge in [0, 0.05) is 13.1 Å². The van der Waals surface area contributed by atoms with E-state index < -0.39 is 0 Å². The van der Waals surface area contributed by atoms with Crippen LogP contribution in [0.15, 0.2) is 48.7 Å². The Morgan fingerprint density at radius 2 is 1.84 bits per heavy atom. The highest BCUT2D eigenvalue weighted by atomic mass is 16.5. The van der Waals surface area contributed by atoms with Gasteiger partial charge in [0.05, 0.1) is 25.3 Å². The molecule has 176 valence electrons. The number of amides is 1. The average molecular weight is 442 g/mol. The normalized spacial score (nSPS) is 15.1. The molecule has 1 heterocycles. The number of ether oxygens (including phenoxy) is 1. The lowest BCUT2D eigenvalue weighted by molar-refractivity contribution is -0.121. The van der Waals surface area contributed by atoms with Gasteiger partial charge in [0.15, 0.2) is 0 Å². The molecule has 0 aliphatic carbocycles. The zero-order valence-electron chi connectivity index (χ0n) is 20.0. The minimum Gasteiger partial charge on any atom is -0.394 e. The van der Waals surface area contributed by atoms with Crippen molar-refractivity contribution in [1.82, 2.24) is 10.3 Å². The number of pyridine rings is 1. The van der Waals surface area contributed by atoms with Crippen molar-refractivity contribution < 1.29 is 14.6 Å². The van der Waals surface area contributed by atoms with Gasteiger partial charge in [-0.15, -0.1) is 0 Å². The van der Waals surface area contributed by atoms with Crippen LogP contribution in [0.5, 0.6) is 0 Å². The lowest BCUT2D eigenvalue weighted by Gasteiger charge is -2.30. The van der Waals surface area contributed by atoms with E-state index in [0.29, 0.717) is 24.3 Å². The summed E-state index contributed by atoms with van der Waals surface area (Å²) < 4.78 is 6.41. The number of nitrogens with zero attached hydrogens (tertiary/aromatic N) is 1. The highest BCUT2D eigenvalue weighted by Gasteiger charge is 2.27. The maximum Gasteiger partial charge on any atom is 0.217 e. The Labute approximate surface area is 192 Å². The lowest BCUT2D eigenvalue weighted by Crippen LogP contribution is -2.40. The van der Waals surface area contributed by atoms with Crippen molar-refractivity contribution in [3.8, 4) is 0 Å². The fourth-order valence-corrected chi connectivity index (χ4v) is 3.78. The van der Waals surface area contributed by atoms with Gasteiger partial charge < -0.3 is 20.5 Å². The molecule has 0 bridgehead atoms. The number of aliphatic hydroxyl groups is 1. The Balaban J connectivity index is 2.33. The van der Waals surface area contributed by atoms with Gasteiger partial charge in [0.1, 0.15) is 11.9 Å². The molecule has 0 saturated carbocycles. The van der Waals surface area contributed by atoms with Crippen LogP contribution in [0.2, 0.25) is 0 Å². The maximum absolute atomic E-state index is 12.0. The van der Waals surface area contributed by atoms with Crippen molar-refractivity contribution in [2.75, 3.05) is 11.9 Å². The topological polar surface area (TPSA) is 83.5 Å². The van der Waals surface area contributed by atoms with Crippen LogP contribution in [0.25, 0.3) is 0 Å². The molecule has 0 spiro atoms. The van der Waals surface area contributed by atoms with Gasteiger partial charge in [-0.3, -0.25) is 4.79 Å². The van der Waals surface area contributed by atoms with Crippen LogP contribution in [0.1, 0.15) is 64.7 Å². The summed E-state index contributed by atoms with van der Waals surface area (Å²) in [5.41, 5.74) is 2.02. The van der Waals surface area contributed by atoms with Crippen molar-refractivity contribution in [1.29, 1.82) is 0 Å². The number of aromatic nitrogens is 1. The van der Waals surface area contributed by atoms with E-state index in [0.717, 1.165) is 24.0 Å². The molecule has 0 saturated heterocycles. The number of nitrogens with one attached hydrogen (secondary N) is 2. The van der Waals surface area contributed by atoms with Crippen molar-refractivity contribution in [3.63, 3.8) is 0 Å². The predicted octanol–water partition coefficient (Wildman–Crippen LogP) is 4.71. The second kappa shape index (κ2) is 13.2. The fourth-order valence-electron chi connectivity index (χ4n) is 3.78. The zero-order valence-corrected chi connectivity index (χ0v) is 20.0. The SMILES string of the molecule is CCC(C)[C@@H](CO)Nc1cc(C(OCc2ccccc2)[C@H](CC(C)C)NC(C)=O)ccn1. The second-order valence-corrected chi connectivity index (χ2v) is 8.95. The van der Waals surface area contributed by atoms with E-state index in [-0.39, 0.29) is 30.7 Å². The van der Waals surface area contributed by atoms with Crippen molar-refractivity contribution in [3.05, 3.63) is 59.8 Å². The summed E-state index contributed by atoms with van der Waals surface area (Å²) in [7, 11) is 0. The molecule has 0 fully saturated rings. The summed E-state index contributed by atoms with van der Waals surface area (Å²) in [6, 6.07) is 13.7. The second-order valence-electron chi connectivity index (χ2n) is 8.95. The number of hydrogen-bond donors (Lipinski definition) is 3. The lowest BCUT2D eigenvalue weighted by atomic mass is 9.94. The molecule has 2 aromatic rings. The molecule has 1 amide bonds. The van der Waals surface area contributed by atoms with Crippen LogP contribution in [0.3, 0.4) is 0 Å². The summed E-state index contributed by atoms with van der Waals surface area (Å²) in [5, 5.41) is 16.3. The van der Waals surface area contributed by atoms with Gasteiger partial charge in [-0.1, -0.05) is 64.4 Å². The highest BCUT2D eigenvalue weighted by Crippen LogP contribution is 2.28. The highest BCUT2D eigenvalue weighted by molar-refractivity contribution is 5.73. The third-order valence-electron chi connectivity index (χ3n) is 5.73. The van der Waals surface area contributed by atoms with Crippen LogP contribution in [-0.2, 0) is 16.1 Å². The van der Waals surface area contributed by atoms with Crippen LogP contribution >= 0.6 is 0 Å². The van der Waals surface area contributed by atoms with Gasteiger partial charge in [-0.2, -0.15) is 0 Å². The summed E-state index contributed by atoms with van der Waals surface area (Å²) in [6.45, 7) is 10.5. The number of anilines is 1. The number of rotatable bonds is 13. The molecule has 2 rings (SSSR count). The van der Waals surface area contributed by atoms with Gasteiger partial charge in [0.2, 0.25) is 5.91 Å². The van der Waals surface area contributed by atoms with Crippen LogP contribution in [0.4, 0.5) is 5.82 Å². The first-order chi connectivity index (χ1) is 15.3. The molecule has 0 radical (unpaired) electrons. The Hall–Kier alpha value is -2.44. The largest absolute Gasteiger partial charge is 0.394 e. The molecular formula is C26H39N3O3. The first kappa shape index (κ1) is 25.8. The molecule has 2 unspecified atom stereocenters. The third kappa shape index (κ3) is 8.24. The Morgan fingerprint density at radius 1 is 1.12 bits per heavy atom. The first-order valence-corrected chi connectivity index (χ1v) is 11.6. The van der Waals surface area contributed by atoms with Crippen molar-refractivity contribution >= 4 is 11.7 Å².